The Morgan fingerprint density at radius 3 is 1.87 bits per heavy atom. The third kappa shape index (κ3) is 5.42. The quantitative estimate of drug-likeness (QED) is 0.341. The van der Waals surface area contributed by atoms with Crippen LogP contribution in [0.2, 0.25) is 10.0 Å². The van der Waals surface area contributed by atoms with Crippen LogP contribution in [0.1, 0.15) is 26.9 Å². The van der Waals surface area contributed by atoms with Gasteiger partial charge in [0, 0.05) is 15.6 Å². The van der Waals surface area contributed by atoms with Crippen LogP contribution in [-0.4, -0.2) is 20.2 Å². The van der Waals surface area contributed by atoms with Crippen molar-refractivity contribution in [2.75, 3.05) is 0 Å². The highest BCUT2D eigenvalue weighted by Gasteiger charge is 2.33. The van der Waals surface area contributed by atoms with Gasteiger partial charge in [-0.1, -0.05) is 53.0 Å². The summed E-state index contributed by atoms with van der Waals surface area (Å²) < 4.78 is 28.4. The molecule has 0 aliphatic rings. The van der Waals surface area contributed by atoms with E-state index in [-0.39, 0.29) is 10.5 Å². The number of hydrogen-bond acceptors (Lipinski definition) is 3. The number of carbonyl (C=O) groups excluding carboxylic acids is 1. The number of rotatable bonds is 7. The second kappa shape index (κ2) is 9.50. The summed E-state index contributed by atoms with van der Waals surface area (Å²) in [6.07, 6.45) is 0. The molecule has 0 aliphatic heterocycles. The first-order valence-corrected chi connectivity index (χ1v) is 11.6. The highest BCUT2D eigenvalue weighted by Crippen LogP contribution is 2.29. The van der Waals surface area contributed by atoms with E-state index in [1.807, 2.05) is 6.92 Å². The van der Waals surface area contributed by atoms with Crippen molar-refractivity contribution in [1.82, 2.24) is 4.72 Å². The molecule has 0 spiro atoms. The number of halogens is 3. The number of Topliss-reactive ketones (excluding diaryl/α,β-unsaturated/α-hetero) is 1. The topological polar surface area (TPSA) is 63.2 Å². The number of ketones is 1. The largest absolute Gasteiger partial charge is 0.292 e. The van der Waals surface area contributed by atoms with E-state index in [1.54, 1.807) is 48.5 Å². The fourth-order valence-electron chi connectivity index (χ4n) is 2.83. The number of benzene rings is 3. The first-order chi connectivity index (χ1) is 14.2. The molecule has 0 amide bonds. The Balaban J connectivity index is 1.99. The number of sulfonamides is 1. The molecule has 0 saturated carbocycles. The van der Waals surface area contributed by atoms with Gasteiger partial charge in [0.25, 0.3) is 0 Å². The van der Waals surface area contributed by atoms with Gasteiger partial charge < -0.3 is 0 Å². The van der Waals surface area contributed by atoms with Crippen LogP contribution in [0.25, 0.3) is 0 Å². The molecule has 30 heavy (non-hydrogen) atoms. The second-order valence-corrected chi connectivity index (χ2v) is 9.79. The highest BCUT2D eigenvalue weighted by molar-refractivity contribution is 7.89. The molecule has 8 heteroatoms. The van der Waals surface area contributed by atoms with Crippen molar-refractivity contribution in [3.63, 3.8) is 0 Å². The third-order valence-electron chi connectivity index (χ3n) is 4.51. The van der Waals surface area contributed by atoms with Crippen molar-refractivity contribution >= 4 is 50.6 Å². The van der Waals surface area contributed by atoms with Crippen molar-refractivity contribution in [2.45, 2.75) is 23.2 Å². The molecule has 4 nitrogen and oxygen atoms in total. The molecule has 0 bridgehead atoms. The summed E-state index contributed by atoms with van der Waals surface area (Å²) in [7, 11) is -4.01. The first kappa shape index (κ1) is 22.8. The Bertz CT molecular complexity index is 1130. The van der Waals surface area contributed by atoms with Crippen LogP contribution in [0, 0.1) is 6.92 Å². The number of nitrogens with one attached hydrogen (secondary N) is 1. The van der Waals surface area contributed by atoms with Crippen LogP contribution < -0.4 is 4.72 Å². The van der Waals surface area contributed by atoms with Gasteiger partial charge in [0.05, 0.1) is 10.3 Å². The summed E-state index contributed by atoms with van der Waals surface area (Å²) in [6, 6.07) is 17.8. The minimum Gasteiger partial charge on any atom is -0.292 e. The molecule has 156 valence electrons. The van der Waals surface area contributed by atoms with Crippen molar-refractivity contribution in [2.24, 2.45) is 0 Å². The van der Waals surface area contributed by atoms with Gasteiger partial charge >= 0.3 is 0 Å². The van der Waals surface area contributed by atoms with Crippen molar-refractivity contribution < 1.29 is 13.2 Å². The van der Waals surface area contributed by atoms with Crippen LogP contribution in [0.5, 0.6) is 0 Å². The molecule has 0 fully saturated rings. The summed E-state index contributed by atoms with van der Waals surface area (Å²) in [6.45, 7) is 1.85. The summed E-state index contributed by atoms with van der Waals surface area (Å²) in [4.78, 5) is 13.3. The van der Waals surface area contributed by atoms with Gasteiger partial charge in [0.2, 0.25) is 10.0 Å². The van der Waals surface area contributed by atoms with E-state index < -0.39 is 27.2 Å². The zero-order valence-corrected chi connectivity index (χ0v) is 18.9. The molecule has 3 aromatic rings. The number of alkyl halides is 1. The van der Waals surface area contributed by atoms with E-state index in [0.717, 1.165) is 5.56 Å². The summed E-state index contributed by atoms with van der Waals surface area (Å²) >= 11 is 18.4. The predicted octanol–water partition coefficient (Wildman–Crippen LogP) is 5.81. The van der Waals surface area contributed by atoms with Crippen molar-refractivity contribution in [1.29, 1.82) is 0 Å². The Kier molecular flexibility index (Phi) is 7.22. The highest BCUT2D eigenvalue weighted by atomic mass is 35.5. The van der Waals surface area contributed by atoms with E-state index in [1.165, 1.54) is 24.3 Å². The molecule has 2 atom stereocenters. The lowest BCUT2D eigenvalue weighted by molar-refractivity contribution is 0.0951. The summed E-state index contributed by atoms with van der Waals surface area (Å²) in [5.74, 6) is -0.475. The Labute approximate surface area is 190 Å². The maximum atomic E-state index is 13.2. The lowest BCUT2D eigenvalue weighted by atomic mass is 9.98. The molecule has 3 rings (SSSR count). The average Bonchev–Trinajstić information content (AvgIpc) is 2.72. The molecule has 1 N–H and O–H groups in total. The zero-order valence-electron chi connectivity index (χ0n) is 15.8. The Morgan fingerprint density at radius 2 is 1.33 bits per heavy atom. The lowest BCUT2D eigenvalue weighted by Crippen LogP contribution is -2.43. The summed E-state index contributed by atoms with van der Waals surface area (Å²) in [5, 5.41) is -0.00226. The van der Waals surface area contributed by atoms with E-state index in [9.17, 15) is 13.2 Å². The minimum atomic E-state index is -4.01. The van der Waals surface area contributed by atoms with E-state index in [0.29, 0.717) is 15.6 Å². The Hall–Kier alpha value is -1.89. The van der Waals surface area contributed by atoms with E-state index in [2.05, 4.69) is 4.72 Å². The van der Waals surface area contributed by atoms with Crippen LogP contribution in [0.3, 0.4) is 0 Å². The van der Waals surface area contributed by atoms with Gasteiger partial charge in [-0.15, -0.1) is 11.6 Å². The lowest BCUT2D eigenvalue weighted by Gasteiger charge is -2.23. The maximum Gasteiger partial charge on any atom is 0.241 e. The fourth-order valence-corrected chi connectivity index (χ4v) is 4.69. The zero-order chi connectivity index (χ0) is 21.9. The number of hydrogen-bond donors (Lipinski definition) is 1. The second-order valence-electron chi connectivity index (χ2n) is 6.74. The molecule has 0 unspecified atom stereocenters. The SMILES string of the molecule is Cc1ccc(S(=O)(=O)N[C@@H](C(=O)c2ccc(Cl)cc2)[C@H](Cl)c2ccc(Cl)cc2)cc1. The van der Waals surface area contributed by atoms with Gasteiger partial charge in [-0.05, 0) is 61.0 Å². The van der Waals surface area contributed by atoms with Gasteiger partial charge in [-0.3, -0.25) is 4.79 Å². The monoisotopic (exact) mass is 481 g/mol. The maximum absolute atomic E-state index is 13.2. The van der Waals surface area contributed by atoms with Crippen LogP contribution >= 0.6 is 34.8 Å². The summed E-state index contributed by atoms with van der Waals surface area (Å²) in [5.41, 5.74) is 1.76. The smallest absolute Gasteiger partial charge is 0.241 e. The Morgan fingerprint density at radius 1 is 0.833 bits per heavy atom. The minimum absolute atomic E-state index is 0.0435. The normalized spacial score (nSPS) is 13.6. The molecule has 3 aromatic carbocycles. The molecule has 0 heterocycles. The molecule has 0 aromatic heterocycles. The molecule has 0 aliphatic carbocycles. The first-order valence-electron chi connectivity index (χ1n) is 8.96. The van der Waals surface area contributed by atoms with Crippen LogP contribution in [0.4, 0.5) is 0 Å². The van der Waals surface area contributed by atoms with Gasteiger partial charge in [0.1, 0.15) is 6.04 Å². The van der Waals surface area contributed by atoms with Crippen molar-refractivity contribution in [3.8, 4) is 0 Å². The molecular weight excluding hydrogens is 465 g/mol. The predicted molar refractivity (Wildman–Crippen MR) is 121 cm³/mol. The van der Waals surface area contributed by atoms with Gasteiger partial charge in [-0.25, -0.2) is 8.42 Å². The standard InChI is InChI=1S/C22H18Cl3NO3S/c1-14-2-12-19(13-3-14)30(28,29)26-21(20(25)15-4-8-17(23)9-5-15)22(27)16-6-10-18(24)11-7-16/h2-13,20-21,26H,1H3/t20-,21-/m1/s1. The molecular formula is C22H18Cl3NO3S. The van der Waals surface area contributed by atoms with Crippen LogP contribution in [0.15, 0.2) is 77.7 Å². The van der Waals surface area contributed by atoms with Gasteiger partial charge in [0.15, 0.2) is 5.78 Å². The van der Waals surface area contributed by atoms with E-state index >= 15 is 0 Å². The van der Waals surface area contributed by atoms with Gasteiger partial charge in [-0.2, -0.15) is 4.72 Å². The number of aryl methyl sites for hydroxylation is 1. The van der Waals surface area contributed by atoms with Crippen LogP contribution in [-0.2, 0) is 10.0 Å². The molecule has 0 saturated heterocycles. The third-order valence-corrected chi connectivity index (χ3v) is 6.97. The van der Waals surface area contributed by atoms with Crippen molar-refractivity contribution in [3.05, 3.63) is 99.5 Å². The molecule has 0 radical (unpaired) electrons. The van der Waals surface area contributed by atoms with E-state index in [4.69, 9.17) is 34.8 Å². The fraction of sp³-hybridized carbons (Fsp3) is 0.136. The average molecular weight is 483 g/mol. The number of carbonyl (C=O) groups is 1.